The summed E-state index contributed by atoms with van der Waals surface area (Å²) < 4.78 is 0. The van der Waals surface area contributed by atoms with Gasteiger partial charge in [-0.25, -0.2) is 0 Å². The number of rotatable bonds is 2. The highest BCUT2D eigenvalue weighted by atomic mass is 14.2. The topological polar surface area (TPSA) is 0 Å². The van der Waals surface area contributed by atoms with Crippen molar-refractivity contribution in [2.75, 3.05) is 0 Å². The molecule has 0 aromatic heterocycles. The molecule has 0 amide bonds. The van der Waals surface area contributed by atoms with Gasteiger partial charge in [-0.1, -0.05) is 81.9 Å². The summed E-state index contributed by atoms with van der Waals surface area (Å²) in [5, 5.41) is 0. The van der Waals surface area contributed by atoms with Gasteiger partial charge in [0.25, 0.3) is 0 Å². The second kappa shape index (κ2) is 4.81. The average Bonchev–Trinajstić information content (AvgIpc) is 2.38. The van der Waals surface area contributed by atoms with Crippen molar-refractivity contribution in [3.8, 4) is 11.1 Å². The first-order valence-electron chi connectivity index (χ1n) is 6.34. The van der Waals surface area contributed by atoms with Crippen LogP contribution < -0.4 is 0 Å². The SMILES string of the molecule is C=C(c1ccccc1-c1ccccc1)C(C)(C)C. The van der Waals surface area contributed by atoms with Crippen LogP contribution in [0.2, 0.25) is 0 Å². The third-order valence-corrected chi connectivity index (χ3v) is 3.24. The molecule has 0 unspecified atom stereocenters. The van der Waals surface area contributed by atoms with Crippen molar-refractivity contribution < 1.29 is 0 Å². The van der Waals surface area contributed by atoms with Gasteiger partial charge in [-0.3, -0.25) is 0 Å². The lowest BCUT2D eigenvalue weighted by Crippen LogP contribution is -2.08. The quantitative estimate of drug-likeness (QED) is 0.653. The smallest absolute Gasteiger partial charge is 0.0109 e. The van der Waals surface area contributed by atoms with Gasteiger partial charge in [-0.15, -0.1) is 0 Å². The fourth-order valence-electron chi connectivity index (χ4n) is 2.02. The minimum atomic E-state index is 0.0882. The highest BCUT2D eigenvalue weighted by molar-refractivity contribution is 5.82. The summed E-state index contributed by atoms with van der Waals surface area (Å²) in [5.74, 6) is 0. The Morgan fingerprint density at radius 2 is 1.39 bits per heavy atom. The number of hydrogen-bond acceptors (Lipinski definition) is 0. The fraction of sp³-hybridized carbons (Fsp3) is 0.222. The van der Waals surface area contributed by atoms with Crippen LogP contribution in [0.3, 0.4) is 0 Å². The molecule has 2 aromatic carbocycles. The molecule has 92 valence electrons. The molecule has 18 heavy (non-hydrogen) atoms. The highest BCUT2D eigenvalue weighted by Crippen LogP contribution is 2.37. The van der Waals surface area contributed by atoms with Crippen LogP contribution >= 0.6 is 0 Å². The molecule has 0 nitrogen and oxygen atoms in total. The molecule has 0 aliphatic carbocycles. The van der Waals surface area contributed by atoms with Crippen LogP contribution in [-0.2, 0) is 0 Å². The maximum atomic E-state index is 4.28. The van der Waals surface area contributed by atoms with E-state index in [4.69, 9.17) is 0 Å². The minimum Gasteiger partial charge on any atom is -0.0947 e. The molecule has 0 atom stereocenters. The molecule has 0 N–H and O–H groups in total. The van der Waals surface area contributed by atoms with Crippen LogP contribution in [-0.4, -0.2) is 0 Å². The van der Waals surface area contributed by atoms with Crippen molar-refractivity contribution in [3.63, 3.8) is 0 Å². The molecule has 2 rings (SSSR count). The third-order valence-electron chi connectivity index (χ3n) is 3.24. The average molecular weight is 236 g/mol. The van der Waals surface area contributed by atoms with E-state index in [-0.39, 0.29) is 5.41 Å². The number of benzene rings is 2. The van der Waals surface area contributed by atoms with E-state index in [1.54, 1.807) is 0 Å². The van der Waals surface area contributed by atoms with Crippen LogP contribution in [0.15, 0.2) is 61.2 Å². The summed E-state index contributed by atoms with van der Waals surface area (Å²) in [4.78, 5) is 0. The van der Waals surface area contributed by atoms with Crippen LogP contribution in [0.25, 0.3) is 16.7 Å². The van der Waals surface area contributed by atoms with Gasteiger partial charge >= 0.3 is 0 Å². The zero-order valence-electron chi connectivity index (χ0n) is 11.4. The van der Waals surface area contributed by atoms with Crippen LogP contribution in [0.4, 0.5) is 0 Å². The molecule has 0 aliphatic heterocycles. The van der Waals surface area contributed by atoms with Crippen molar-refractivity contribution in [2.45, 2.75) is 20.8 Å². The first-order valence-corrected chi connectivity index (χ1v) is 6.34. The first-order chi connectivity index (χ1) is 8.50. The normalized spacial score (nSPS) is 11.3. The van der Waals surface area contributed by atoms with Crippen molar-refractivity contribution in [1.82, 2.24) is 0 Å². The Morgan fingerprint density at radius 3 is 2.00 bits per heavy atom. The lowest BCUT2D eigenvalue weighted by molar-refractivity contribution is 0.568. The predicted molar refractivity (Wildman–Crippen MR) is 80.4 cm³/mol. The molecular formula is C18H20. The largest absolute Gasteiger partial charge is 0.0947 e. The molecule has 0 fully saturated rings. The molecule has 0 saturated carbocycles. The van der Waals surface area contributed by atoms with Crippen molar-refractivity contribution >= 4 is 5.57 Å². The van der Waals surface area contributed by atoms with E-state index < -0.39 is 0 Å². The summed E-state index contributed by atoms with van der Waals surface area (Å²) in [7, 11) is 0. The molecular weight excluding hydrogens is 216 g/mol. The molecule has 0 saturated heterocycles. The Labute approximate surface area is 110 Å². The molecule has 0 radical (unpaired) electrons. The minimum absolute atomic E-state index is 0.0882. The van der Waals surface area contributed by atoms with Gasteiger partial charge in [0, 0.05) is 0 Å². The Balaban J connectivity index is 2.54. The first kappa shape index (κ1) is 12.6. The number of allylic oxidation sites excluding steroid dienone is 1. The van der Waals surface area contributed by atoms with E-state index in [0.29, 0.717) is 0 Å². The van der Waals surface area contributed by atoms with Crippen molar-refractivity contribution in [1.29, 1.82) is 0 Å². The molecule has 0 bridgehead atoms. The number of hydrogen-bond donors (Lipinski definition) is 0. The van der Waals surface area contributed by atoms with E-state index in [1.165, 1.54) is 22.3 Å². The van der Waals surface area contributed by atoms with Gasteiger partial charge in [0.2, 0.25) is 0 Å². The highest BCUT2D eigenvalue weighted by Gasteiger charge is 2.19. The Morgan fingerprint density at radius 1 is 0.833 bits per heavy atom. The van der Waals surface area contributed by atoms with E-state index in [2.05, 4.69) is 75.9 Å². The summed E-state index contributed by atoms with van der Waals surface area (Å²) >= 11 is 0. The van der Waals surface area contributed by atoms with E-state index in [1.807, 2.05) is 6.07 Å². The summed E-state index contributed by atoms with van der Waals surface area (Å²) in [6.45, 7) is 10.9. The molecule has 0 heterocycles. The fourth-order valence-corrected chi connectivity index (χ4v) is 2.02. The lowest BCUT2D eigenvalue weighted by atomic mass is 9.80. The van der Waals surface area contributed by atoms with Crippen LogP contribution in [0, 0.1) is 5.41 Å². The van der Waals surface area contributed by atoms with Gasteiger partial charge in [-0.2, -0.15) is 0 Å². The lowest BCUT2D eigenvalue weighted by Gasteiger charge is -2.24. The second-order valence-corrected chi connectivity index (χ2v) is 5.64. The van der Waals surface area contributed by atoms with E-state index in [9.17, 15) is 0 Å². The van der Waals surface area contributed by atoms with Gasteiger partial charge < -0.3 is 0 Å². The molecule has 2 aromatic rings. The summed E-state index contributed by atoms with van der Waals surface area (Å²) in [5.41, 5.74) is 5.03. The predicted octanol–water partition coefficient (Wildman–Crippen LogP) is 5.41. The molecule has 0 aliphatic rings. The maximum absolute atomic E-state index is 4.28. The van der Waals surface area contributed by atoms with Crippen molar-refractivity contribution in [3.05, 3.63) is 66.7 Å². The van der Waals surface area contributed by atoms with Gasteiger partial charge in [0.05, 0.1) is 0 Å². The standard InChI is InChI=1S/C18H20/c1-14(18(2,3)4)16-12-8-9-13-17(16)15-10-6-5-7-11-15/h5-13H,1H2,2-4H3. The molecule has 0 spiro atoms. The van der Waals surface area contributed by atoms with Crippen molar-refractivity contribution in [2.24, 2.45) is 5.41 Å². The zero-order valence-corrected chi connectivity index (χ0v) is 11.4. The Hall–Kier alpha value is -1.82. The summed E-state index contributed by atoms with van der Waals surface area (Å²) in [6.07, 6.45) is 0. The monoisotopic (exact) mass is 236 g/mol. The van der Waals surface area contributed by atoms with Crippen LogP contribution in [0.5, 0.6) is 0 Å². The van der Waals surface area contributed by atoms with E-state index in [0.717, 1.165) is 0 Å². The van der Waals surface area contributed by atoms with E-state index >= 15 is 0 Å². The second-order valence-electron chi connectivity index (χ2n) is 5.64. The maximum Gasteiger partial charge on any atom is -0.0109 e. The third kappa shape index (κ3) is 2.53. The van der Waals surface area contributed by atoms with Gasteiger partial charge in [0.15, 0.2) is 0 Å². The van der Waals surface area contributed by atoms with Crippen LogP contribution in [0.1, 0.15) is 26.3 Å². The zero-order chi connectivity index (χ0) is 13.2. The summed E-state index contributed by atoms with van der Waals surface area (Å²) in [6, 6.07) is 19.0. The molecule has 0 heteroatoms. The Kier molecular flexibility index (Phi) is 3.38. The van der Waals surface area contributed by atoms with Gasteiger partial charge in [0.1, 0.15) is 0 Å². The Bertz CT molecular complexity index is 542. The van der Waals surface area contributed by atoms with Gasteiger partial charge in [-0.05, 0) is 27.7 Å².